The number of nitrogens with zero attached hydrogens (tertiary/aromatic N) is 2. The third kappa shape index (κ3) is 5.53. The van der Waals surface area contributed by atoms with Gasteiger partial charge in [0.25, 0.3) is 0 Å². The van der Waals surface area contributed by atoms with E-state index in [1.54, 1.807) is 0 Å². The SMILES string of the molecule is O=C(CCN1CCN(c2ccc(C(F)(F)F)cc2)CC1)c1ccc(C(F)(F)F)cc1. The van der Waals surface area contributed by atoms with Crippen LogP contribution in [-0.2, 0) is 12.4 Å². The van der Waals surface area contributed by atoms with Crippen molar-refractivity contribution in [3.05, 3.63) is 65.2 Å². The van der Waals surface area contributed by atoms with Gasteiger partial charge in [-0.05, 0) is 36.4 Å². The number of hydrogen-bond acceptors (Lipinski definition) is 3. The molecule has 1 fully saturated rings. The summed E-state index contributed by atoms with van der Waals surface area (Å²) in [6.45, 7) is 2.98. The third-order valence-corrected chi connectivity index (χ3v) is 5.12. The van der Waals surface area contributed by atoms with Gasteiger partial charge in [0.1, 0.15) is 0 Å². The van der Waals surface area contributed by atoms with Gasteiger partial charge in [0.05, 0.1) is 11.1 Å². The van der Waals surface area contributed by atoms with Gasteiger partial charge in [-0.1, -0.05) is 12.1 Å². The standard InChI is InChI=1S/C21H20F6N2O/c22-20(23,24)16-3-1-15(2-4-16)19(30)9-10-28-11-13-29(14-12-28)18-7-5-17(6-8-18)21(25,26)27/h1-8H,9-14H2. The fourth-order valence-electron chi connectivity index (χ4n) is 3.34. The molecule has 0 atom stereocenters. The maximum atomic E-state index is 12.7. The molecule has 0 amide bonds. The van der Waals surface area contributed by atoms with Crippen LogP contribution in [0, 0.1) is 0 Å². The minimum absolute atomic E-state index is 0.186. The van der Waals surface area contributed by atoms with E-state index in [0.717, 1.165) is 24.3 Å². The van der Waals surface area contributed by atoms with E-state index in [4.69, 9.17) is 0 Å². The molecular weight excluding hydrogens is 410 g/mol. The minimum Gasteiger partial charge on any atom is -0.369 e. The molecule has 162 valence electrons. The van der Waals surface area contributed by atoms with Crippen molar-refractivity contribution in [2.75, 3.05) is 37.6 Å². The number of piperazine rings is 1. The highest BCUT2D eigenvalue weighted by molar-refractivity contribution is 5.96. The number of rotatable bonds is 5. The first-order chi connectivity index (χ1) is 14.0. The zero-order valence-corrected chi connectivity index (χ0v) is 15.9. The van der Waals surface area contributed by atoms with E-state index < -0.39 is 23.5 Å². The first-order valence-electron chi connectivity index (χ1n) is 9.39. The Morgan fingerprint density at radius 3 is 1.67 bits per heavy atom. The van der Waals surface area contributed by atoms with Crippen molar-refractivity contribution in [3.8, 4) is 0 Å². The third-order valence-electron chi connectivity index (χ3n) is 5.12. The Hall–Kier alpha value is -2.55. The first kappa shape index (κ1) is 22.1. The van der Waals surface area contributed by atoms with E-state index in [9.17, 15) is 31.1 Å². The second-order valence-corrected chi connectivity index (χ2v) is 7.12. The van der Waals surface area contributed by atoms with Crippen LogP contribution in [0.15, 0.2) is 48.5 Å². The lowest BCUT2D eigenvalue weighted by atomic mass is 10.1. The summed E-state index contributed by atoms with van der Waals surface area (Å²) in [5, 5.41) is 0. The fraction of sp³-hybridized carbons (Fsp3) is 0.381. The molecule has 0 aliphatic carbocycles. The second-order valence-electron chi connectivity index (χ2n) is 7.12. The van der Waals surface area contributed by atoms with Gasteiger partial charge in [-0.3, -0.25) is 9.69 Å². The van der Waals surface area contributed by atoms with Crippen molar-refractivity contribution >= 4 is 11.5 Å². The molecule has 0 spiro atoms. The molecule has 30 heavy (non-hydrogen) atoms. The number of anilines is 1. The van der Waals surface area contributed by atoms with E-state index in [0.29, 0.717) is 38.4 Å². The van der Waals surface area contributed by atoms with Crippen molar-refractivity contribution in [2.24, 2.45) is 0 Å². The molecule has 0 saturated carbocycles. The Morgan fingerprint density at radius 2 is 1.20 bits per heavy atom. The summed E-state index contributed by atoms with van der Waals surface area (Å²) < 4.78 is 75.8. The summed E-state index contributed by atoms with van der Waals surface area (Å²) in [4.78, 5) is 16.3. The van der Waals surface area contributed by atoms with E-state index in [1.807, 2.05) is 4.90 Å². The van der Waals surface area contributed by atoms with Crippen LogP contribution in [0.3, 0.4) is 0 Å². The summed E-state index contributed by atoms with van der Waals surface area (Å²) in [7, 11) is 0. The molecule has 0 bridgehead atoms. The number of carbonyl (C=O) groups excluding carboxylic acids is 1. The average molecular weight is 430 g/mol. The molecule has 3 nitrogen and oxygen atoms in total. The van der Waals surface area contributed by atoms with Gasteiger partial charge in [-0.15, -0.1) is 0 Å². The molecular formula is C21H20F6N2O. The second kappa shape index (κ2) is 8.67. The van der Waals surface area contributed by atoms with Gasteiger partial charge in [-0.25, -0.2) is 0 Å². The van der Waals surface area contributed by atoms with E-state index in [2.05, 4.69) is 4.90 Å². The van der Waals surface area contributed by atoms with E-state index in [-0.39, 0.29) is 17.8 Å². The predicted molar refractivity (Wildman–Crippen MR) is 100 cm³/mol. The van der Waals surface area contributed by atoms with Crippen molar-refractivity contribution in [1.82, 2.24) is 4.90 Å². The van der Waals surface area contributed by atoms with Crippen LogP contribution in [0.4, 0.5) is 32.0 Å². The zero-order chi connectivity index (χ0) is 21.9. The average Bonchev–Trinajstić information content (AvgIpc) is 2.71. The number of alkyl halides is 6. The topological polar surface area (TPSA) is 23.6 Å². The molecule has 0 N–H and O–H groups in total. The highest BCUT2D eigenvalue weighted by Gasteiger charge is 2.31. The molecule has 1 saturated heterocycles. The van der Waals surface area contributed by atoms with Gasteiger partial charge >= 0.3 is 12.4 Å². The van der Waals surface area contributed by atoms with E-state index in [1.165, 1.54) is 24.3 Å². The molecule has 3 rings (SSSR count). The molecule has 1 heterocycles. The fourth-order valence-corrected chi connectivity index (χ4v) is 3.34. The molecule has 1 aliphatic heterocycles. The molecule has 9 heteroatoms. The van der Waals surface area contributed by atoms with Crippen LogP contribution in [0.1, 0.15) is 27.9 Å². The van der Waals surface area contributed by atoms with Gasteiger partial charge < -0.3 is 4.90 Å². The maximum absolute atomic E-state index is 12.7. The van der Waals surface area contributed by atoms with Crippen LogP contribution in [0.5, 0.6) is 0 Å². The highest BCUT2D eigenvalue weighted by Crippen LogP contribution is 2.31. The lowest BCUT2D eigenvalue weighted by molar-refractivity contribution is -0.138. The van der Waals surface area contributed by atoms with Gasteiger partial charge in [0, 0.05) is 50.4 Å². The molecule has 0 unspecified atom stereocenters. The van der Waals surface area contributed by atoms with Crippen LogP contribution >= 0.6 is 0 Å². The zero-order valence-electron chi connectivity index (χ0n) is 15.9. The van der Waals surface area contributed by atoms with Crippen molar-refractivity contribution in [2.45, 2.75) is 18.8 Å². The molecule has 0 aromatic heterocycles. The quantitative estimate of drug-likeness (QED) is 0.486. The number of benzene rings is 2. The van der Waals surface area contributed by atoms with Crippen LogP contribution in [0.2, 0.25) is 0 Å². The Morgan fingerprint density at radius 1 is 0.733 bits per heavy atom. The van der Waals surface area contributed by atoms with Crippen molar-refractivity contribution in [3.63, 3.8) is 0 Å². The summed E-state index contributed by atoms with van der Waals surface area (Å²) in [6.07, 6.45) is -8.61. The lowest BCUT2D eigenvalue weighted by Gasteiger charge is -2.36. The van der Waals surface area contributed by atoms with Gasteiger partial charge in [0.15, 0.2) is 5.78 Å². The summed E-state index contributed by atoms with van der Waals surface area (Å²) in [5.74, 6) is -0.228. The molecule has 2 aromatic rings. The maximum Gasteiger partial charge on any atom is 0.416 e. The van der Waals surface area contributed by atoms with Crippen molar-refractivity contribution < 1.29 is 31.1 Å². The Kier molecular flexibility index (Phi) is 6.40. The Bertz CT molecular complexity index is 851. The van der Waals surface area contributed by atoms with E-state index >= 15 is 0 Å². The number of halogens is 6. The van der Waals surface area contributed by atoms with Crippen LogP contribution in [0.25, 0.3) is 0 Å². The number of Topliss-reactive ketones (excluding diaryl/α,β-unsaturated/α-hetero) is 1. The summed E-state index contributed by atoms with van der Waals surface area (Å²) in [6, 6.07) is 9.20. The Labute approximate surface area is 169 Å². The molecule has 2 aromatic carbocycles. The normalized spacial score (nSPS) is 16.0. The minimum atomic E-state index is -4.44. The van der Waals surface area contributed by atoms with Gasteiger partial charge in [-0.2, -0.15) is 26.3 Å². The Balaban J connectivity index is 1.47. The largest absolute Gasteiger partial charge is 0.416 e. The highest BCUT2D eigenvalue weighted by atomic mass is 19.4. The van der Waals surface area contributed by atoms with Crippen LogP contribution in [-0.4, -0.2) is 43.4 Å². The van der Waals surface area contributed by atoms with Crippen molar-refractivity contribution in [1.29, 1.82) is 0 Å². The van der Waals surface area contributed by atoms with Crippen LogP contribution < -0.4 is 4.90 Å². The van der Waals surface area contributed by atoms with Gasteiger partial charge in [0.2, 0.25) is 0 Å². The predicted octanol–water partition coefficient (Wildman–Crippen LogP) is 5.12. The number of carbonyl (C=O) groups is 1. The molecule has 1 aliphatic rings. The number of hydrogen-bond donors (Lipinski definition) is 0. The first-order valence-corrected chi connectivity index (χ1v) is 9.39. The molecule has 0 radical (unpaired) electrons. The smallest absolute Gasteiger partial charge is 0.369 e. The summed E-state index contributed by atoms with van der Waals surface area (Å²) in [5.41, 5.74) is -0.528. The lowest BCUT2D eigenvalue weighted by Crippen LogP contribution is -2.46. The number of ketones is 1. The summed E-state index contributed by atoms with van der Waals surface area (Å²) >= 11 is 0. The monoisotopic (exact) mass is 430 g/mol.